The largest absolute Gasteiger partial charge is 0.483 e. The zero-order valence-electron chi connectivity index (χ0n) is 18.1. The second-order valence-electron chi connectivity index (χ2n) is 7.85. The Labute approximate surface area is 181 Å². The highest BCUT2D eigenvalue weighted by Gasteiger charge is 2.11. The van der Waals surface area contributed by atoms with Crippen LogP contribution in [-0.2, 0) is 4.79 Å². The summed E-state index contributed by atoms with van der Waals surface area (Å²) in [5.74, 6) is 1.57. The SMILES string of the molecule is Cc1ccc(C(C)C)c(OCC(=O)Nc2cccc(-c3ccc4nnc(C)n4n3)c2)c1. The molecule has 0 aliphatic rings. The Kier molecular flexibility index (Phi) is 5.66. The lowest BCUT2D eigenvalue weighted by atomic mass is 10.0. The number of benzene rings is 2. The van der Waals surface area contributed by atoms with Gasteiger partial charge < -0.3 is 10.1 Å². The molecule has 0 atom stereocenters. The summed E-state index contributed by atoms with van der Waals surface area (Å²) in [6.45, 7) is 8.02. The number of ether oxygens (including phenoxy) is 1. The number of hydrogen-bond donors (Lipinski definition) is 1. The predicted molar refractivity (Wildman–Crippen MR) is 120 cm³/mol. The standard InChI is InChI=1S/C24H25N5O2/c1-15(2)20-9-8-16(3)12-22(20)31-14-24(30)25-19-7-5-6-18(13-19)21-10-11-23-27-26-17(4)29(23)28-21/h5-13,15H,14H2,1-4H3,(H,25,30). The van der Waals surface area contributed by atoms with E-state index in [-0.39, 0.29) is 12.5 Å². The Bertz CT molecular complexity index is 1250. The molecule has 0 aliphatic heterocycles. The van der Waals surface area contributed by atoms with E-state index in [2.05, 4.69) is 46.6 Å². The van der Waals surface area contributed by atoms with Gasteiger partial charge in [0, 0.05) is 11.3 Å². The van der Waals surface area contributed by atoms with Crippen LogP contribution in [0.3, 0.4) is 0 Å². The molecule has 1 N–H and O–H groups in total. The van der Waals surface area contributed by atoms with E-state index in [1.54, 1.807) is 4.52 Å². The monoisotopic (exact) mass is 415 g/mol. The molecular weight excluding hydrogens is 390 g/mol. The van der Waals surface area contributed by atoms with Gasteiger partial charge in [0.25, 0.3) is 5.91 Å². The number of hydrogen-bond acceptors (Lipinski definition) is 5. The second kappa shape index (κ2) is 8.55. The van der Waals surface area contributed by atoms with E-state index in [0.29, 0.717) is 17.3 Å². The summed E-state index contributed by atoms with van der Waals surface area (Å²) < 4.78 is 7.54. The first-order chi connectivity index (χ1) is 14.9. The van der Waals surface area contributed by atoms with Gasteiger partial charge in [-0.25, -0.2) is 0 Å². The van der Waals surface area contributed by atoms with Crippen LogP contribution in [0.1, 0.15) is 36.7 Å². The first-order valence-corrected chi connectivity index (χ1v) is 10.2. The van der Waals surface area contributed by atoms with E-state index in [4.69, 9.17) is 4.74 Å². The van der Waals surface area contributed by atoms with Crippen LogP contribution in [-0.4, -0.2) is 32.3 Å². The number of aromatic nitrogens is 4. The van der Waals surface area contributed by atoms with Gasteiger partial charge in [0.2, 0.25) is 0 Å². The van der Waals surface area contributed by atoms with E-state index in [0.717, 1.165) is 34.0 Å². The number of carbonyl (C=O) groups is 1. The zero-order chi connectivity index (χ0) is 22.0. The molecule has 4 rings (SSSR count). The van der Waals surface area contributed by atoms with Gasteiger partial charge in [-0.1, -0.05) is 38.1 Å². The molecule has 0 fully saturated rings. The maximum Gasteiger partial charge on any atom is 0.262 e. The summed E-state index contributed by atoms with van der Waals surface area (Å²) in [4.78, 5) is 12.5. The lowest BCUT2D eigenvalue weighted by Gasteiger charge is -2.15. The molecule has 0 saturated carbocycles. The number of aryl methyl sites for hydroxylation is 2. The van der Waals surface area contributed by atoms with Crippen LogP contribution >= 0.6 is 0 Å². The number of nitrogens with one attached hydrogen (secondary N) is 1. The Morgan fingerprint density at radius 2 is 1.90 bits per heavy atom. The Balaban J connectivity index is 1.47. The van der Waals surface area contributed by atoms with Crippen molar-refractivity contribution < 1.29 is 9.53 Å². The topological polar surface area (TPSA) is 81.4 Å². The van der Waals surface area contributed by atoms with Crippen LogP contribution in [0.15, 0.2) is 54.6 Å². The van der Waals surface area contributed by atoms with Gasteiger partial charge in [-0.3, -0.25) is 4.79 Å². The van der Waals surface area contributed by atoms with Crippen molar-refractivity contribution in [2.45, 2.75) is 33.6 Å². The quantitative estimate of drug-likeness (QED) is 0.500. The number of amides is 1. The first kappa shape index (κ1) is 20.5. The number of fused-ring (bicyclic) bond motifs is 1. The average Bonchev–Trinajstić information content (AvgIpc) is 3.12. The van der Waals surface area contributed by atoms with E-state index >= 15 is 0 Å². The molecule has 4 aromatic rings. The van der Waals surface area contributed by atoms with Gasteiger partial charge in [-0.15, -0.1) is 10.2 Å². The summed E-state index contributed by atoms with van der Waals surface area (Å²) in [7, 11) is 0. The number of carbonyl (C=O) groups excluding carboxylic acids is 1. The molecule has 0 aliphatic carbocycles. The van der Waals surface area contributed by atoms with Crippen LogP contribution < -0.4 is 10.1 Å². The Morgan fingerprint density at radius 3 is 2.71 bits per heavy atom. The molecule has 31 heavy (non-hydrogen) atoms. The summed E-state index contributed by atoms with van der Waals surface area (Å²) in [5, 5.41) is 15.6. The van der Waals surface area contributed by atoms with Crippen LogP contribution in [0.5, 0.6) is 5.75 Å². The smallest absolute Gasteiger partial charge is 0.262 e. The normalized spacial score (nSPS) is 11.1. The summed E-state index contributed by atoms with van der Waals surface area (Å²) in [5.41, 5.74) is 5.21. The molecule has 2 aromatic heterocycles. The molecule has 7 nitrogen and oxygen atoms in total. The number of rotatable bonds is 6. The third-order valence-corrected chi connectivity index (χ3v) is 5.01. The highest BCUT2D eigenvalue weighted by atomic mass is 16.5. The van der Waals surface area contributed by atoms with Crippen LogP contribution in [0, 0.1) is 13.8 Å². The molecular formula is C24H25N5O2. The number of anilines is 1. The summed E-state index contributed by atoms with van der Waals surface area (Å²) in [6.07, 6.45) is 0. The molecule has 0 radical (unpaired) electrons. The second-order valence-corrected chi connectivity index (χ2v) is 7.85. The minimum absolute atomic E-state index is 0.0580. The molecule has 0 spiro atoms. The molecule has 0 bridgehead atoms. The fraction of sp³-hybridized carbons (Fsp3) is 0.250. The maximum absolute atomic E-state index is 12.5. The number of nitrogens with zero attached hydrogens (tertiary/aromatic N) is 4. The molecule has 2 heterocycles. The van der Waals surface area contributed by atoms with Gasteiger partial charge >= 0.3 is 0 Å². The Morgan fingerprint density at radius 1 is 1.06 bits per heavy atom. The molecule has 0 saturated heterocycles. The van der Waals surface area contributed by atoms with E-state index in [1.165, 1.54) is 0 Å². The van der Waals surface area contributed by atoms with Crippen LogP contribution in [0.4, 0.5) is 5.69 Å². The van der Waals surface area contributed by atoms with E-state index in [1.807, 2.05) is 56.3 Å². The molecule has 0 unspecified atom stereocenters. The van der Waals surface area contributed by atoms with Crippen molar-refractivity contribution in [2.75, 3.05) is 11.9 Å². The van der Waals surface area contributed by atoms with Gasteiger partial charge in [0.15, 0.2) is 18.1 Å². The predicted octanol–water partition coefficient (Wildman–Crippen LogP) is 4.55. The fourth-order valence-corrected chi connectivity index (χ4v) is 3.39. The maximum atomic E-state index is 12.5. The van der Waals surface area contributed by atoms with Crippen molar-refractivity contribution in [1.29, 1.82) is 0 Å². The molecule has 7 heteroatoms. The van der Waals surface area contributed by atoms with Crippen LogP contribution in [0.25, 0.3) is 16.9 Å². The van der Waals surface area contributed by atoms with Crippen molar-refractivity contribution in [3.8, 4) is 17.0 Å². The van der Waals surface area contributed by atoms with Gasteiger partial charge in [0.05, 0.1) is 5.69 Å². The van der Waals surface area contributed by atoms with Gasteiger partial charge in [-0.05, 0) is 61.2 Å². The average molecular weight is 415 g/mol. The molecule has 158 valence electrons. The summed E-state index contributed by atoms with van der Waals surface area (Å²) in [6, 6.07) is 17.4. The van der Waals surface area contributed by atoms with Gasteiger partial charge in [-0.2, -0.15) is 9.61 Å². The summed E-state index contributed by atoms with van der Waals surface area (Å²) >= 11 is 0. The van der Waals surface area contributed by atoms with Crippen molar-refractivity contribution in [3.05, 3.63) is 71.5 Å². The van der Waals surface area contributed by atoms with Crippen molar-refractivity contribution in [2.24, 2.45) is 0 Å². The third-order valence-electron chi connectivity index (χ3n) is 5.01. The lowest BCUT2D eigenvalue weighted by Crippen LogP contribution is -2.20. The first-order valence-electron chi connectivity index (χ1n) is 10.2. The van der Waals surface area contributed by atoms with Crippen molar-refractivity contribution in [1.82, 2.24) is 19.8 Å². The third kappa shape index (κ3) is 4.55. The zero-order valence-corrected chi connectivity index (χ0v) is 18.1. The lowest BCUT2D eigenvalue weighted by molar-refractivity contribution is -0.118. The van der Waals surface area contributed by atoms with Gasteiger partial charge in [0.1, 0.15) is 5.75 Å². The Hall–Kier alpha value is -3.74. The van der Waals surface area contributed by atoms with E-state index < -0.39 is 0 Å². The van der Waals surface area contributed by atoms with Crippen LogP contribution in [0.2, 0.25) is 0 Å². The highest BCUT2D eigenvalue weighted by molar-refractivity contribution is 5.92. The van der Waals surface area contributed by atoms with E-state index in [9.17, 15) is 4.79 Å². The van der Waals surface area contributed by atoms with Crippen molar-refractivity contribution in [3.63, 3.8) is 0 Å². The van der Waals surface area contributed by atoms with Crippen molar-refractivity contribution >= 4 is 17.2 Å². The fourth-order valence-electron chi connectivity index (χ4n) is 3.39. The highest BCUT2D eigenvalue weighted by Crippen LogP contribution is 2.27. The minimum Gasteiger partial charge on any atom is -0.483 e. The minimum atomic E-state index is -0.216. The molecule has 1 amide bonds. The molecule has 2 aromatic carbocycles.